The lowest BCUT2D eigenvalue weighted by Gasteiger charge is -2.00. The number of rotatable bonds is 2. The lowest BCUT2D eigenvalue weighted by molar-refractivity contribution is 0.411. The summed E-state index contributed by atoms with van der Waals surface area (Å²) in [5, 5.41) is 13.6. The molecule has 0 radical (unpaired) electrons. The molecule has 5 nitrogen and oxygen atoms in total. The van der Waals surface area contributed by atoms with Crippen LogP contribution in [0.3, 0.4) is 0 Å². The minimum Gasteiger partial charge on any atom is -0.479 e. The fourth-order valence-corrected chi connectivity index (χ4v) is 2.18. The van der Waals surface area contributed by atoms with Crippen LogP contribution in [-0.2, 0) is 0 Å². The van der Waals surface area contributed by atoms with Crippen molar-refractivity contribution in [1.29, 1.82) is 0 Å². The summed E-state index contributed by atoms with van der Waals surface area (Å²) in [6.07, 6.45) is 5.04. The quantitative estimate of drug-likeness (QED) is 0.714. The fraction of sp³-hybridized carbons (Fsp3) is 0.0833. The number of hydrogen-bond donors (Lipinski definition) is 1. The Bertz CT molecular complexity index is 693. The normalized spacial score (nSPS) is 10.9. The first-order chi connectivity index (χ1) is 8.79. The summed E-state index contributed by atoms with van der Waals surface area (Å²) >= 11 is 1.69. The van der Waals surface area contributed by atoms with Crippen molar-refractivity contribution in [3.63, 3.8) is 0 Å². The van der Waals surface area contributed by atoms with E-state index >= 15 is 0 Å². The third kappa shape index (κ3) is 1.70. The Morgan fingerprint density at radius 2 is 1.94 bits per heavy atom. The SMILES string of the molecule is CSc1ccc(-c2cnn3c(O)ncnc23)cc1. The number of nitrogens with zero attached hydrogens (tertiary/aromatic N) is 4. The minimum absolute atomic E-state index is 0.160. The summed E-state index contributed by atoms with van der Waals surface area (Å²) in [5.41, 5.74) is 2.49. The average Bonchev–Trinajstić information content (AvgIpc) is 2.84. The molecule has 0 fully saturated rings. The van der Waals surface area contributed by atoms with Gasteiger partial charge in [0.1, 0.15) is 6.33 Å². The molecule has 0 spiro atoms. The van der Waals surface area contributed by atoms with Crippen molar-refractivity contribution in [1.82, 2.24) is 19.6 Å². The number of hydrogen-bond acceptors (Lipinski definition) is 5. The first-order valence-electron chi connectivity index (χ1n) is 5.32. The number of aromatic nitrogens is 4. The molecule has 0 aliphatic rings. The van der Waals surface area contributed by atoms with E-state index in [9.17, 15) is 5.11 Å². The summed E-state index contributed by atoms with van der Waals surface area (Å²) in [6.45, 7) is 0. The van der Waals surface area contributed by atoms with Crippen LogP contribution in [0.25, 0.3) is 16.8 Å². The molecule has 6 heteroatoms. The molecule has 1 aromatic carbocycles. The molecule has 0 aliphatic carbocycles. The molecule has 2 heterocycles. The lowest BCUT2D eigenvalue weighted by Crippen LogP contribution is -1.93. The van der Waals surface area contributed by atoms with Gasteiger partial charge < -0.3 is 5.11 Å². The van der Waals surface area contributed by atoms with E-state index in [1.54, 1.807) is 18.0 Å². The minimum atomic E-state index is -0.160. The van der Waals surface area contributed by atoms with Crippen LogP contribution >= 0.6 is 11.8 Å². The van der Waals surface area contributed by atoms with Crippen LogP contribution in [0.2, 0.25) is 0 Å². The van der Waals surface area contributed by atoms with E-state index in [0.717, 1.165) is 11.1 Å². The van der Waals surface area contributed by atoms with Crippen molar-refractivity contribution in [2.45, 2.75) is 4.90 Å². The Hall–Kier alpha value is -2.08. The molecule has 0 saturated carbocycles. The van der Waals surface area contributed by atoms with Gasteiger partial charge >= 0.3 is 6.01 Å². The topological polar surface area (TPSA) is 63.3 Å². The molecular weight excluding hydrogens is 248 g/mol. The highest BCUT2D eigenvalue weighted by atomic mass is 32.2. The van der Waals surface area contributed by atoms with E-state index in [1.807, 2.05) is 30.5 Å². The molecule has 0 atom stereocenters. The van der Waals surface area contributed by atoms with Crippen LogP contribution in [0.5, 0.6) is 6.01 Å². The summed E-state index contributed by atoms with van der Waals surface area (Å²) in [7, 11) is 0. The average molecular weight is 258 g/mol. The van der Waals surface area contributed by atoms with Gasteiger partial charge in [-0.3, -0.25) is 0 Å². The van der Waals surface area contributed by atoms with Gasteiger partial charge in [0, 0.05) is 10.5 Å². The number of benzene rings is 1. The van der Waals surface area contributed by atoms with Crippen molar-refractivity contribution >= 4 is 17.4 Å². The van der Waals surface area contributed by atoms with Crippen molar-refractivity contribution in [2.75, 3.05) is 6.26 Å². The predicted octanol–water partition coefficient (Wildman–Crippen LogP) is 2.22. The van der Waals surface area contributed by atoms with Crippen LogP contribution in [-0.4, -0.2) is 30.9 Å². The van der Waals surface area contributed by atoms with Gasteiger partial charge in [0.25, 0.3) is 0 Å². The Morgan fingerprint density at radius 3 is 2.67 bits per heavy atom. The van der Waals surface area contributed by atoms with Gasteiger partial charge in [0.15, 0.2) is 5.65 Å². The third-order valence-corrected chi connectivity index (χ3v) is 3.43. The van der Waals surface area contributed by atoms with Crippen molar-refractivity contribution < 1.29 is 5.11 Å². The van der Waals surface area contributed by atoms with E-state index in [1.165, 1.54) is 15.7 Å². The molecule has 90 valence electrons. The first kappa shape index (κ1) is 11.0. The molecule has 18 heavy (non-hydrogen) atoms. The molecule has 0 unspecified atom stereocenters. The Morgan fingerprint density at radius 1 is 1.17 bits per heavy atom. The molecule has 0 aliphatic heterocycles. The second-order valence-electron chi connectivity index (χ2n) is 3.70. The maximum Gasteiger partial charge on any atom is 0.318 e. The highest BCUT2D eigenvalue weighted by Gasteiger charge is 2.10. The Labute approximate surface area is 108 Å². The number of thioether (sulfide) groups is 1. The predicted molar refractivity (Wildman–Crippen MR) is 69.7 cm³/mol. The first-order valence-corrected chi connectivity index (χ1v) is 6.54. The standard InChI is InChI=1S/C12H10N4OS/c1-18-9-4-2-8(3-5-9)10-6-15-16-11(10)13-7-14-12(16)17/h2-7H,1H3,(H,13,14,17). The second-order valence-corrected chi connectivity index (χ2v) is 4.58. The summed E-state index contributed by atoms with van der Waals surface area (Å²) in [6, 6.07) is 7.96. The number of fused-ring (bicyclic) bond motifs is 1. The van der Waals surface area contributed by atoms with E-state index in [4.69, 9.17) is 0 Å². The maximum atomic E-state index is 9.56. The van der Waals surface area contributed by atoms with Gasteiger partial charge in [-0.25, -0.2) is 4.98 Å². The zero-order chi connectivity index (χ0) is 12.5. The van der Waals surface area contributed by atoms with Crippen molar-refractivity contribution in [2.24, 2.45) is 0 Å². The van der Waals surface area contributed by atoms with Crippen LogP contribution in [0, 0.1) is 0 Å². The monoisotopic (exact) mass is 258 g/mol. The lowest BCUT2D eigenvalue weighted by atomic mass is 10.1. The van der Waals surface area contributed by atoms with Gasteiger partial charge in [0.2, 0.25) is 0 Å². The number of aromatic hydroxyl groups is 1. The highest BCUT2D eigenvalue weighted by molar-refractivity contribution is 7.98. The van der Waals surface area contributed by atoms with E-state index in [0.29, 0.717) is 5.65 Å². The van der Waals surface area contributed by atoms with E-state index < -0.39 is 0 Å². The molecule has 3 aromatic rings. The molecule has 0 amide bonds. The van der Waals surface area contributed by atoms with E-state index in [-0.39, 0.29) is 6.01 Å². The van der Waals surface area contributed by atoms with Gasteiger partial charge in [-0.15, -0.1) is 11.8 Å². The largest absolute Gasteiger partial charge is 0.479 e. The van der Waals surface area contributed by atoms with Crippen molar-refractivity contribution in [3.8, 4) is 17.1 Å². The highest BCUT2D eigenvalue weighted by Crippen LogP contribution is 2.26. The van der Waals surface area contributed by atoms with Crippen LogP contribution in [0.4, 0.5) is 0 Å². The molecule has 2 aromatic heterocycles. The zero-order valence-electron chi connectivity index (χ0n) is 9.61. The van der Waals surface area contributed by atoms with Crippen molar-refractivity contribution in [3.05, 3.63) is 36.8 Å². The van der Waals surface area contributed by atoms with Gasteiger partial charge in [0.05, 0.1) is 6.20 Å². The summed E-state index contributed by atoms with van der Waals surface area (Å²) < 4.78 is 1.32. The molecule has 0 saturated heterocycles. The Balaban J connectivity index is 2.16. The molecule has 1 N–H and O–H groups in total. The fourth-order valence-electron chi connectivity index (χ4n) is 1.78. The summed E-state index contributed by atoms with van der Waals surface area (Å²) in [4.78, 5) is 9.03. The molecule has 0 bridgehead atoms. The zero-order valence-corrected chi connectivity index (χ0v) is 10.4. The van der Waals surface area contributed by atoms with Crippen LogP contribution < -0.4 is 0 Å². The van der Waals surface area contributed by atoms with E-state index in [2.05, 4.69) is 15.1 Å². The van der Waals surface area contributed by atoms with Gasteiger partial charge in [-0.05, 0) is 24.0 Å². The van der Waals surface area contributed by atoms with Crippen LogP contribution in [0.1, 0.15) is 0 Å². The Kier molecular flexibility index (Phi) is 2.64. The maximum absolute atomic E-state index is 9.56. The molecule has 3 rings (SSSR count). The molecular formula is C12H10N4OS. The second kappa shape index (κ2) is 4.30. The smallest absolute Gasteiger partial charge is 0.318 e. The van der Waals surface area contributed by atoms with Crippen LogP contribution in [0.15, 0.2) is 41.7 Å². The van der Waals surface area contributed by atoms with Gasteiger partial charge in [-0.2, -0.15) is 14.6 Å². The third-order valence-electron chi connectivity index (χ3n) is 2.69. The summed E-state index contributed by atoms with van der Waals surface area (Å²) in [5.74, 6) is 0. The van der Waals surface area contributed by atoms with Gasteiger partial charge in [-0.1, -0.05) is 12.1 Å².